The molecule has 0 radical (unpaired) electrons. The smallest absolute Gasteiger partial charge is 0.0596 e. The minimum absolute atomic E-state index is 0.0630. The second-order valence-corrected chi connectivity index (χ2v) is 8.13. The van der Waals surface area contributed by atoms with Crippen molar-refractivity contribution in [2.75, 3.05) is 0 Å². The maximum absolute atomic E-state index is 10.4. The molecule has 112 valence electrons. The average molecular weight is 276 g/mol. The lowest BCUT2D eigenvalue weighted by molar-refractivity contribution is -0.0499. The molecule has 0 spiro atoms. The van der Waals surface area contributed by atoms with Crippen LogP contribution in [0.1, 0.15) is 58.3 Å². The van der Waals surface area contributed by atoms with Crippen LogP contribution in [0.4, 0.5) is 0 Å². The van der Waals surface area contributed by atoms with Gasteiger partial charge in [0.05, 0.1) is 12.2 Å². The molecule has 4 aliphatic rings. The summed E-state index contributed by atoms with van der Waals surface area (Å²) in [6, 6.07) is 0. The van der Waals surface area contributed by atoms with Crippen LogP contribution in [0, 0.1) is 29.1 Å². The molecule has 4 rings (SSSR count). The van der Waals surface area contributed by atoms with Crippen LogP contribution >= 0.6 is 0 Å². The Bertz CT molecular complexity index is 429. The first-order chi connectivity index (χ1) is 9.59. The normalized spacial score (nSPS) is 54.6. The first-order valence-electron chi connectivity index (χ1n) is 8.64. The maximum Gasteiger partial charge on any atom is 0.0596 e. The van der Waals surface area contributed by atoms with E-state index in [1.807, 2.05) is 0 Å². The summed E-state index contributed by atoms with van der Waals surface area (Å²) in [6.07, 6.45) is 11.4. The van der Waals surface area contributed by atoms with E-state index >= 15 is 0 Å². The molecule has 0 saturated heterocycles. The Kier molecular flexibility index (Phi) is 3.05. The molecule has 0 bridgehead atoms. The summed E-state index contributed by atoms with van der Waals surface area (Å²) < 4.78 is 0. The Morgan fingerprint density at radius 2 is 1.90 bits per heavy atom. The van der Waals surface area contributed by atoms with E-state index in [1.54, 1.807) is 5.57 Å². The van der Waals surface area contributed by atoms with Crippen LogP contribution in [0.15, 0.2) is 11.6 Å². The summed E-state index contributed by atoms with van der Waals surface area (Å²) in [5.74, 6) is 3.13. The highest BCUT2D eigenvalue weighted by Crippen LogP contribution is 2.61. The van der Waals surface area contributed by atoms with E-state index in [1.165, 1.54) is 32.1 Å². The molecule has 0 aliphatic heterocycles. The van der Waals surface area contributed by atoms with Gasteiger partial charge in [-0.05, 0) is 80.5 Å². The number of aliphatic hydroxyl groups is 2. The predicted octanol–water partition coefficient (Wildman–Crippen LogP) is 3.28. The largest absolute Gasteiger partial charge is 0.393 e. The molecule has 0 amide bonds. The Hall–Kier alpha value is -0.340. The van der Waals surface area contributed by atoms with Crippen LogP contribution in [0.25, 0.3) is 0 Å². The molecule has 0 unspecified atom stereocenters. The summed E-state index contributed by atoms with van der Waals surface area (Å²) in [7, 11) is 0. The zero-order chi connectivity index (χ0) is 13.9. The molecule has 2 heteroatoms. The van der Waals surface area contributed by atoms with Crippen LogP contribution in [0.3, 0.4) is 0 Å². The highest BCUT2D eigenvalue weighted by Gasteiger charge is 2.55. The molecule has 0 aromatic carbocycles. The van der Waals surface area contributed by atoms with Crippen LogP contribution < -0.4 is 0 Å². The van der Waals surface area contributed by atoms with Crippen molar-refractivity contribution >= 4 is 0 Å². The Balaban J connectivity index is 1.62. The van der Waals surface area contributed by atoms with Gasteiger partial charge in [0.15, 0.2) is 0 Å². The number of hydrogen-bond acceptors (Lipinski definition) is 2. The molecule has 2 nitrogen and oxygen atoms in total. The van der Waals surface area contributed by atoms with Crippen LogP contribution in [-0.2, 0) is 0 Å². The summed E-state index contributed by atoms with van der Waals surface area (Å²) in [5, 5.41) is 20.3. The molecule has 2 N–H and O–H groups in total. The minimum atomic E-state index is -0.0868. The van der Waals surface area contributed by atoms with Gasteiger partial charge in [0, 0.05) is 0 Å². The lowest BCUT2D eigenvalue weighted by atomic mass is 9.53. The summed E-state index contributed by atoms with van der Waals surface area (Å²) >= 11 is 0. The number of hydrogen-bond donors (Lipinski definition) is 2. The van der Waals surface area contributed by atoms with E-state index in [9.17, 15) is 10.2 Å². The summed E-state index contributed by atoms with van der Waals surface area (Å²) in [6.45, 7) is 2.34. The third kappa shape index (κ3) is 1.77. The van der Waals surface area contributed by atoms with Crippen molar-refractivity contribution in [2.24, 2.45) is 29.1 Å². The second kappa shape index (κ2) is 4.58. The van der Waals surface area contributed by atoms with E-state index in [-0.39, 0.29) is 17.6 Å². The van der Waals surface area contributed by atoms with Crippen molar-refractivity contribution in [3.63, 3.8) is 0 Å². The third-order valence-corrected chi connectivity index (χ3v) is 7.37. The highest BCUT2D eigenvalue weighted by molar-refractivity contribution is 5.20. The monoisotopic (exact) mass is 276 g/mol. The third-order valence-electron chi connectivity index (χ3n) is 7.37. The van der Waals surface area contributed by atoms with Gasteiger partial charge in [-0.2, -0.15) is 0 Å². The average Bonchev–Trinajstić information content (AvgIpc) is 2.74. The zero-order valence-corrected chi connectivity index (χ0v) is 12.6. The maximum atomic E-state index is 10.4. The molecular formula is C18H28O2. The van der Waals surface area contributed by atoms with Gasteiger partial charge in [-0.3, -0.25) is 0 Å². The molecule has 0 aromatic heterocycles. The predicted molar refractivity (Wildman–Crippen MR) is 79.1 cm³/mol. The van der Waals surface area contributed by atoms with Gasteiger partial charge < -0.3 is 10.2 Å². The topological polar surface area (TPSA) is 40.5 Å². The van der Waals surface area contributed by atoms with Gasteiger partial charge in [0.1, 0.15) is 0 Å². The van der Waals surface area contributed by atoms with Crippen molar-refractivity contribution in [3.8, 4) is 0 Å². The quantitative estimate of drug-likeness (QED) is 0.667. The van der Waals surface area contributed by atoms with Crippen LogP contribution in [-0.4, -0.2) is 22.4 Å². The molecule has 3 saturated carbocycles. The van der Waals surface area contributed by atoms with Gasteiger partial charge in [0.25, 0.3) is 0 Å². The number of rotatable bonds is 0. The Morgan fingerprint density at radius 3 is 2.75 bits per heavy atom. The standard InChI is InChI=1S/C18H28O2/c1-18-9-8-14-13-5-3-12(19)10-11(13)2-4-15(14)16(18)6-7-17(18)20/h2,12-17,19-20H,3-10H2,1H3/t12-,13-,14+,15+,16-,17+,18-/m0/s1. The summed E-state index contributed by atoms with van der Waals surface area (Å²) in [4.78, 5) is 0. The molecule has 0 aromatic rings. The number of allylic oxidation sites excluding steroid dienone is 1. The first kappa shape index (κ1) is 13.3. The fourth-order valence-corrected chi connectivity index (χ4v) is 6.22. The van der Waals surface area contributed by atoms with E-state index in [0.717, 1.165) is 42.9 Å². The van der Waals surface area contributed by atoms with Crippen molar-refractivity contribution in [1.29, 1.82) is 0 Å². The van der Waals surface area contributed by atoms with Crippen molar-refractivity contribution in [2.45, 2.75) is 70.5 Å². The molecule has 7 atom stereocenters. The van der Waals surface area contributed by atoms with E-state index < -0.39 is 0 Å². The second-order valence-electron chi connectivity index (χ2n) is 8.13. The van der Waals surface area contributed by atoms with Crippen molar-refractivity contribution < 1.29 is 10.2 Å². The fraction of sp³-hybridized carbons (Fsp3) is 0.889. The molecule has 0 heterocycles. The van der Waals surface area contributed by atoms with E-state index in [0.29, 0.717) is 0 Å². The summed E-state index contributed by atoms with van der Waals surface area (Å²) in [5.41, 5.74) is 1.76. The van der Waals surface area contributed by atoms with Gasteiger partial charge in [-0.15, -0.1) is 0 Å². The van der Waals surface area contributed by atoms with Gasteiger partial charge in [-0.25, -0.2) is 0 Å². The van der Waals surface area contributed by atoms with E-state index in [2.05, 4.69) is 13.0 Å². The Morgan fingerprint density at radius 1 is 1.05 bits per heavy atom. The van der Waals surface area contributed by atoms with Crippen LogP contribution in [0.2, 0.25) is 0 Å². The van der Waals surface area contributed by atoms with Crippen LogP contribution in [0.5, 0.6) is 0 Å². The lowest BCUT2D eigenvalue weighted by Crippen LogP contribution is -2.47. The van der Waals surface area contributed by atoms with Crippen molar-refractivity contribution in [1.82, 2.24) is 0 Å². The van der Waals surface area contributed by atoms with E-state index in [4.69, 9.17) is 0 Å². The zero-order valence-electron chi connectivity index (χ0n) is 12.6. The first-order valence-corrected chi connectivity index (χ1v) is 8.64. The fourth-order valence-electron chi connectivity index (χ4n) is 6.22. The molecule has 3 fully saturated rings. The van der Waals surface area contributed by atoms with Gasteiger partial charge >= 0.3 is 0 Å². The van der Waals surface area contributed by atoms with Crippen molar-refractivity contribution in [3.05, 3.63) is 11.6 Å². The molecule has 4 aliphatic carbocycles. The number of aliphatic hydroxyl groups excluding tert-OH is 2. The molecular weight excluding hydrogens is 248 g/mol. The Labute approximate surface area is 122 Å². The van der Waals surface area contributed by atoms with Gasteiger partial charge in [-0.1, -0.05) is 18.6 Å². The number of fused-ring (bicyclic) bond motifs is 5. The SMILES string of the molecule is C[C@]12CC[C@H]3[C@@H](CC=C4C[C@@H](O)CC[C@@H]43)[C@@H]1CC[C@H]2O. The van der Waals surface area contributed by atoms with Gasteiger partial charge in [0.2, 0.25) is 0 Å². The molecule has 20 heavy (non-hydrogen) atoms. The minimum Gasteiger partial charge on any atom is -0.393 e. The highest BCUT2D eigenvalue weighted by atomic mass is 16.3. The lowest BCUT2D eigenvalue weighted by Gasteiger charge is -2.53.